The monoisotopic (exact) mass is 1410 g/mol. The van der Waals surface area contributed by atoms with Crippen LogP contribution in [0.15, 0.2) is 229 Å². The van der Waals surface area contributed by atoms with Crippen LogP contribution in [0.4, 0.5) is 0 Å². The van der Waals surface area contributed by atoms with Gasteiger partial charge in [-0.05, 0) is 197 Å². The second-order valence-electron chi connectivity index (χ2n) is 24.5. The summed E-state index contributed by atoms with van der Waals surface area (Å²) in [7, 11) is 0. The Morgan fingerprint density at radius 1 is 0.559 bits per heavy atom. The zero-order valence-electron chi connectivity index (χ0n) is 75.1. The Morgan fingerprint density at radius 2 is 1.24 bits per heavy atom. The predicted octanol–water partition coefficient (Wildman–Crippen LogP) is 22.1. The fourth-order valence-corrected chi connectivity index (χ4v) is 13.4. The van der Waals surface area contributed by atoms with Crippen molar-refractivity contribution in [1.29, 1.82) is 0 Å². The number of hydrogen-bond acceptors (Lipinski definition) is 3. The molecule has 0 unspecified atom stereocenters. The van der Waals surface area contributed by atoms with Crippen molar-refractivity contribution >= 4 is 54.8 Å². The van der Waals surface area contributed by atoms with Crippen molar-refractivity contribution in [3.05, 3.63) is 271 Å². The maximum atomic E-state index is 10.3. The molecule has 456 valence electrons. The van der Waals surface area contributed by atoms with Crippen LogP contribution in [0.3, 0.4) is 0 Å². The van der Waals surface area contributed by atoms with Gasteiger partial charge in [-0.15, -0.1) is 29.7 Å². The molecule has 7 heteroatoms. The van der Waals surface area contributed by atoms with Crippen molar-refractivity contribution in [3.8, 4) is 95.5 Å². The number of pyridine rings is 1. The number of nitrogens with zero attached hydrogens (tertiary/aromatic N) is 4. The van der Waals surface area contributed by atoms with Gasteiger partial charge in [0.05, 0.1) is 20.8 Å². The third-order valence-electron chi connectivity index (χ3n) is 17.8. The maximum Gasteiger partial charge on any atom is 0.268 e. The van der Waals surface area contributed by atoms with Crippen LogP contribution in [0.1, 0.15) is 123 Å². The number of aromatic nitrogens is 4. The van der Waals surface area contributed by atoms with Crippen molar-refractivity contribution in [3.63, 3.8) is 0 Å². The van der Waals surface area contributed by atoms with Gasteiger partial charge in [-0.25, -0.2) is 4.98 Å². The van der Waals surface area contributed by atoms with E-state index >= 15 is 0 Å². The van der Waals surface area contributed by atoms with E-state index in [1.54, 1.807) is 69.9 Å². The van der Waals surface area contributed by atoms with E-state index in [2.05, 4.69) is 45.3 Å². The van der Waals surface area contributed by atoms with Gasteiger partial charge in [0.1, 0.15) is 17.0 Å². The molecule has 0 fully saturated rings. The summed E-state index contributed by atoms with van der Waals surface area (Å²) in [5, 5.41) is 3.47. The van der Waals surface area contributed by atoms with Crippen LogP contribution in [0, 0.1) is 32.2 Å². The smallest absolute Gasteiger partial charge is 0.268 e. The van der Waals surface area contributed by atoms with E-state index in [1.165, 1.54) is 30.3 Å². The Kier molecular flexibility index (Phi) is 8.60. The van der Waals surface area contributed by atoms with Crippen LogP contribution in [0.2, 0.25) is 0 Å². The van der Waals surface area contributed by atoms with Gasteiger partial charge in [0.15, 0.2) is 0 Å². The van der Waals surface area contributed by atoms with Crippen molar-refractivity contribution in [2.45, 2.75) is 90.9 Å². The second kappa shape index (κ2) is 21.6. The largest absolute Gasteiger partial charge is 0.510 e. The summed E-state index contributed by atoms with van der Waals surface area (Å²) in [6.45, 7) is -16.9. The van der Waals surface area contributed by atoms with Crippen molar-refractivity contribution in [2.24, 2.45) is 0 Å². The summed E-state index contributed by atoms with van der Waals surface area (Å²) >= 11 is 0. The third-order valence-corrected chi connectivity index (χ3v) is 17.8. The van der Waals surface area contributed by atoms with Gasteiger partial charge in [0.2, 0.25) is 0 Å². The Morgan fingerprint density at radius 3 is 2.05 bits per heavy atom. The molecule has 0 bridgehead atoms. The van der Waals surface area contributed by atoms with E-state index in [4.69, 9.17) is 30.6 Å². The number of ether oxygens (including phenoxy) is 1. The number of rotatable bonds is 7. The predicted molar refractivity (Wildman–Crippen MR) is 377 cm³/mol. The molecule has 5 heterocycles. The van der Waals surface area contributed by atoms with Gasteiger partial charge >= 0.3 is 0 Å². The Hall–Kier alpha value is -9.87. The van der Waals surface area contributed by atoms with Crippen LogP contribution in [-0.2, 0) is 37.3 Å². The average Bonchev–Trinajstić information content (AvgIpc) is 0.746. The molecule has 0 saturated heterocycles. The number of hydrogen-bond donors (Lipinski definition) is 0. The normalized spacial score (nSPS) is 19.7. The van der Waals surface area contributed by atoms with E-state index < -0.39 is 99.5 Å². The first-order valence-corrected chi connectivity index (χ1v) is 30.0. The average molecular weight is 1410 g/mol. The molecule has 0 amide bonds. The van der Waals surface area contributed by atoms with E-state index in [0.29, 0.717) is 78.4 Å². The van der Waals surface area contributed by atoms with Crippen LogP contribution < -0.4 is 9.30 Å². The van der Waals surface area contributed by atoms with Crippen LogP contribution in [-0.4, -0.2) is 14.1 Å². The molecule has 1 aliphatic carbocycles. The number of fused-ring (bicyclic) bond motifs is 14. The van der Waals surface area contributed by atoms with E-state index in [9.17, 15) is 17.8 Å². The quantitative estimate of drug-likeness (QED) is 0.118. The van der Waals surface area contributed by atoms with Gasteiger partial charge in [-0.3, -0.25) is 4.57 Å². The maximum absolute atomic E-state index is 10.3. The summed E-state index contributed by atoms with van der Waals surface area (Å²) in [5.74, 6) is 1.19. The van der Waals surface area contributed by atoms with Crippen LogP contribution >= 0.6 is 0 Å². The molecule has 4 aromatic heterocycles. The van der Waals surface area contributed by atoms with Crippen molar-refractivity contribution in [2.75, 3.05) is 0 Å². The van der Waals surface area contributed by atoms with Gasteiger partial charge in [0, 0.05) is 85.2 Å². The fourth-order valence-electron chi connectivity index (χ4n) is 13.4. The third kappa shape index (κ3) is 9.46. The Labute approximate surface area is 592 Å². The van der Waals surface area contributed by atoms with Crippen molar-refractivity contribution < 1.29 is 69.1 Å². The van der Waals surface area contributed by atoms with E-state index in [0.717, 1.165) is 32.6 Å². The Bertz CT molecular complexity index is 6650. The number of imidazole rings is 1. The molecule has 1 aliphatic heterocycles. The van der Waals surface area contributed by atoms with Gasteiger partial charge < -0.3 is 18.3 Å². The zero-order valence-corrected chi connectivity index (χ0v) is 52.3. The van der Waals surface area contributed by atoms with Crippen LogP contribution in [0.25, 0.3) is 139 Å². The van der Waals surface area contributed by atoms with Gasteiger partial charge in [-0.1, -0.05) is 193 Å². The molecule has 2 aliphatic rings. The number of benzene rings is 11. The van der Waals surface area contributed by atoms with Crippen molar-refractivity contribution in [1.82, 2.24) is 14.1 Å². The summed E-state index contributed by atoms with van der Waals surface area (Å²) < 4.78 is 250. The molecule has 0 spiro atoms. The summed E-state index contributed by atoms with van der Waals surface area (Å²) in [6, 6.07) is 61.5. The standard InChI is InChI=1S/C86H68N4O2.Pt/c1-52-19-16-20-53(2)81(52)69-28-18-27-68-70-43-54(56-32-37-73-74(46-56)86(8,9)41-40-85(73,6)7)31-35-64(70)62-23-10-11-24-63(62)72-45-57(55-33-38-79-71(44-55)67-26-13-15-30-78(67)92-79)47-77-83(72)89(82(68)69)51-88(77)59-21-17-22-60(49-59)91-61-34-36-66-65-25-12-14-29-75(65)90(76(66)50-61)80-48-58(39-42-87-80)84(3,4)5;/h10-39,42-48H,40-41H2,1-9H3;/q-2;/i1D3,2D3,6D3,7D3,8D3,9D3,32D,37D,40D2,41D2,46D;. The van der Waals surface area contributed by atoms with E-state index in [1.807, 2.05) is 114 Å². The van der Waals surface area contributed by atoms with E-state index in [-0.39, 0.29) is 76.9 Å². The number of para-hydroxylation sites is 3. The summed E-state index contributed by atoms with van der Waals surface area (Å²) in [4.78, 5) is 4.87. The molecule has 17 rings (SSSR count). The molecule has 11 aromatic carbocycles. The number of aryl methyl sites for hydroxylation is 2. The molecule has 6 nitrogen and oxygen atoms in total. The minimum atomic E-state index is -4.61. The molecular weight excluding hydrogens is 1320 g/mol. The number of furan rings is 1. The molecule has 0 atom stereocenters. The minimum Gasteiger partial charge on any atom is -0.510 e. The molecule has 0 N–H and O–H groups in total. The van der Waals surface area contributed by atoms with Gasteiger partial charge in [-0.2, -0.15) is 18.2 Å². The minimum absolute atomic E-state index is 0. The first-order chi connectivity index (χ1) is 54.8. The zero-order chi connectivity index (χ0) is 83.7. The second-order valence-corrected chi connectivity index (χ2v) is 24.5. The molecule has 15 aromatic rings. The first-order valence-electron chi connectivity index (χ1n) is 42.5. The SMILES string of the molecule is [2H]c1c([2H])c2c(c([2H])c1-c1ccc3c(c1)-c1cccc(-c4c(C([2H])([2H])[2H])cccc4C([2H])([2H])[2H])c1-[n+]1[c-]n(-c4[c-]c(Oc5[c-]c6c(cc5)c5ccccc5n6-c5cc(C(C)(C)C)ccn5)ccc4)c4cc(-c5ccc6oc7ccccc7c6c5)cc(c41)-c1ccccc1-3)C(C([2H])([2H])[2H])(C([2H])([2H])[2H])C([2H])([2H])C([2H])([2H])C2(C([2H])([2H])[2H])C([2H])([2H])[2H].[Pt]. The first kappa shape index (κ1) is 37.0. The summed E-state index contributed by atoms with van der Waals surface area (Å²) in [5.41, 5.74) is -6.00. The summed E-state index contributed by atoms with van der Waals surface area (Å²) in [6.07, 6.45) is -3.74. The Balaban J connectivity index is 0.0000104. The molecule has 0 saturated carbocycles. The molecule has 0 radical (unpaired) electrons. The molecular formula is C86H68N4O2Pt-2. The molecule has 93 heavy (non-hydrogen) atoms. The van der Waals surface area contributed by atoms with Crippen LogP contribution in [0.5, 0.6) is 11.5 Å². The topological polar surface area (TPSA) is 49.0 Å². The fraction of sp³-hybridized carbons (Fsp3) is 0.163. The van der Waals surface area contributed by atoms with Gasteiger partial charge in [0.25, 0.3) is 6.33 Å².